The lowest BCUT2D eigenvalue weighted by Crippen LogP contribution is -2.61. The number of nitrogens with zero attached hydrogens (tertiary/aromatic N) is 1. The second-order valence-corrected chi connectivity index (χ2v) is 14.3. The highest BCUT2D eigenvalue weighted by molar-refractivity contribution is 7.99. The number of Topliss-reactive ketones (excluding diaryl/α,β-unsaturated/α-hetero) is 1. The standard InChI is InChI=1S/C31H45NO6S/c1-29-11-6-22(33)16-21(29)4-5-23-24-7-12-31(37,30(24,2)17-25(34)28(23)29)26(35)19-39-15-10-20-8-13-32(14-9-20)18-27(36)38-3/h6,11,16,20,23-25,28,34,37H,4-5,7-10,12-15,17-19H2,1-3H3/t23?,24?,25-,28?,29-,30-,31-/m0/s1. The van der Waals surface area contributed by atoms with Gasteiger partial charge < -0.3 is 14.9 Å². The Balaban J connectivity index is 1.16. The van der Waals surface area contributed by atoms with Gasteiger partial charge in [0.05, 0.1) is 25.5 Å². The fraction of sp³-hybridized carbons (Fsp3) is 0.774. The molecule has 4 fully saturated rings. The minimum absolute atomic E-state index is 0.00536. The summed E-state index contributed by atoms with van der Waals surface area (Å²) in [4.78, 5) is 39.3. The molecule has 0 aromatic carbocycles. The van der Waals surface area contributed by atoms with Gasteiger partial charge in [-0.05, 0) is 100 Å². The topological polar surface area (TPSA) is 104 Å². The number of piperidine rings is 1. The van der Waals surface area contributed by atoms with Crippen molar-refractivity contribution in [2.24, 2.45) is 34.5 Å². The van der Waals surface area contributed by atoms with Gasteiger partial charge >= 0.3 is 5.97 Å². The monoisotopic (exact) mass is 559 g/mol. The maximum Gasteiger partial charge on any atom is 0.319 e. The first kappa shape index (κ1) is 29.0. The predicted molar refractivity (Wildman–Crippen MR) is 151 cm³/mol. The van der Waals surface area contributed by atoms with Gasteiger partial charge in [-0.2, -0.15) is 11.8 Å². The lowest BCUT2D eigenvalue weighted by molar-refractivity contribution is -0.174. The van der Waals surface area contributed by atoms with Crippen LogP contribution in [0.4, 0.5) is 0 Å². The van der Waals surface area contributed by atoms with Crippen LogP contribution < -0.4 is 0 Å². The highest BCUT2D eigenvalue weighted by atomic mass is 32.2. The van der Waals surface area contributed by atoms with Gasteiger partial charge in [0.1, 0.15) is 5.60 Å². The lowest BCUT2D eigenvalue weighted by Gasteiger charge is -2.59. The number of aliphatic hydroxyl groups excluding tert-OH is 1. The molecule has 216 valence electrons. The van der Waals surface area contributed by atoms with Crippen molar-refractivity contribution in [1.29, 1.82) is 0 Å². The van der Waals surface area contributed by atoms with Crippen molar-refractivity contribution in [1.82, 2.24) is 4.90 Å². The number of esters is 1. The molecule has 3 unspecified atom stereocenters. The zero-order valence-corrected chi connectivity index (χ0v) is 24.5. The summed E-state index contributed by atoms with van der Waals surface area (Å²) in [6, 6.07) is 0. The molecule has 5 rings (SSSR count). The third kappa shape index (κ3) is 5.08. The number of methoxy groups -OCH3 is 1. The van der Waals surface area contributed by atoms with E-state index in [9.17, 15) is 24.6 Å². The summed E-state index contributed by atoms with van der Waals surface area (Å²) in [5, 5.41) is 23.5. The van der Waals surface area contributed by atoms with E-state index in [1.807, 2.05) is 13.0 Å². The number of likely N-dealkylation sites (tertiary alicyclic amines) is 1. The first-order valence-corrected chi connectivity index (χ1v) is 15.9. The average Bonchev–Trinajstić information content (AvgIpc) is 3.18. The van der Waals surface area contributed by atoms with Crippen molar-refractivity contribution in [3.8, 4) is 0 Å². The van der Waals surface area contributed by atoms with Crippen LogP contribution in [0.5, 0.6) is 0 Å². The molecule has 4 aliphatic carbocycles. The number of carbonyl (C=O) groups excluding carboxylic acids is 3. The third-order valence-corrected chi connectivity index (χ3v) is 12.3. The first-order valence-electron chi connectivity index (χ1n) is 14.8. The van der Waals surface area contributed by atoms with Crippen molar-refractivity contribution >= 4 is 29.3 Å². The molecule has 7 atom stereocenters. The number of fused-ring (bicyclic) bond motifs is 5. The molecule has 0 aromatic rings. The number of allylic oxidation sites excluding steroid dienone is 4. The number of aliphatic hydroxyl groups is 2. The van der Waals surface area contributed by atoms with Gasteiger partial charge in [-0.1, -0.05) is 25.5 Å². The molecule has 1 saturated heterocycles. The number of rotatable bonds is 8. The molecule has 5 aliphatic rings. The number of thioether (sulfide) groups is 1. The van der Waals surface area contributed by atoms with Gasteiger partial charge in [-0.15, -0.1) is 0 Å². The van der Waals surface area contributed by atoms with E-state index in [1.165, 1.54) is 7.11 Å². The molecular weight excluding hydrogens is 514 g/mol. The SMILES string of the molecule is COC(=O)CN1CCC(CCSCC(=O)[C@@]2(O)CCC3C4CCC5=CC(=O)C=C[C@]5(C)C4[C@@H](O)C[C@@]32C)CC1. The maximum absolute atomic E-state index is 13.6. The van der Waals surface area contributed by atoms with E-state index in [0.29, 0.717) is 31.1 Å². The molecule has 39 heavy (non-hydrogen) atoms. The summed E-state index contributed by atoms with van der Waals surface area (Å²) in [6.45, 7) is 6.35. The minimum Gasteiger partial charge on any atom is -0.468 e. The van der Waals surface area contributed by atoms with E-state index >= 15 is 0 Å². The van der Waals surface area contributed by atoms with E-state index in [0.717, 1.165) is 62.9 Å². The van der Waals surface area contributed by atoms with Crippen LogP contribution in [0.1, 0.15) is 65.2 Å². The second-order valence-electron chi connectivity index (χ2n) is 13.2. The molecule has 0 radical (unpaired) electrons. The fourth-order valence-electron chi connectivity index (χ4n) is 9.00. The van der Waals surface area contributed by atoms with Crippen molar-refractivity contribution in [2.75, 3.05) is 38.2 Å². The van der Waals surface area contributed by atoms with E-state index in [1.54, 1.807) is 23.9 Å². The quantitative estimate of drug-likeness (QED) is 0.344. The van der Waals surface area contributed by atoms with Gasteiger partial charge in [0, 0.05) is 16.7 Å². The first-order chi connectivity index (χ1) is 18.5. The normalized spacial score (nSPS) is 40.4. The third-order valence-electron chi connectivity index (χ3n) is 11.3. The number of ether oxygens (including phenoxy) is 1. The highest BCUT2D eigenvalue weighted by Crippen LogP contribution is 2.67. The predicted octanol–water partition coefficient (Wildman–Crippen LogP) is 3.57. The van der Waals surface area contributed by atoms with Gasteiger partial charge in [0.25, 0.3) is 0 Å². The molecule has 7 nitrogen and oxygen atoms in total. The summed E-state index contributed by atoms with van der Waals surface area (Å²) < 4.78 is 4.77. The molecule has 0 amide bonds. The van der Waals surface area contributed by atoms with Crippen LogP contribution in [0.15, 0.2) is 23.8 Å². The molecule has 3 saturated carbocycles. The number of carbonyl (C=O) groups is 3. The van der Waals surface area contributed by atoms with Crippen LogP contribution in [0.2, 0.25) is 0 Å². The Labute approximate surface area is 236 Å². The molecule has 8 heteroatoms. The van der Waals surface area contributed by atoms with E-state index in [4.69, 9.17) is 4.74 Å². The molecular formula is C31H45NO6S. The molecule has 0 aromatic heterocycles. The van der Waals surface area contributed by atoms with Gasteiger partial charge in [-0.3, -0.25) is 19.3 Å². The van der Waals surface area contributed by atoms with Crippen molar-refractivity contribution in [3.05, 3.63) is 23.8 Å². The maximum atomic E-state index is 13.6. The van der Waals surface area contributed by atoms with Crippen molar-refractivity contribution in [3.63, 3.8) is 0 Å². The Morgan fingerprint density at radius 1 is 1.18 bits per heavy atom. The van der Waals surface area contributed by atoms with Crippen LogP contribution in [-0.2, 0) is 19.1 Å². The Morgan fingerprint density at radius 3 is 2.64 bits per heavy atom. The Hall–Kier alpha value is -1.48. The van der Waals surface area contributed by atoms with Gasteiger partial charge in [0.2, 0.25) is 0 Å². The van der Waals surface area contributed by atoms with E-state index in [-0.39, 0.29) is 40.7 Å². The molecule has 1 aliphatic heterocycles. The summed E-state index contributed by atoms with van der Waals surface area (Å²) in [5.74, 6) is 1.95. The zero-order chi connectivity index (χ0) is 28.0. The van der Waals surface area contributed by atoms with Crippen molar-refractivity contribution < 1.29 is 29.3 Å². The summed E-state index contributed by atoms with van der Waals surface area (Å²) in [6.07, 6.45) is 11.3. The van der Waals surface area contributed by atoms with Gasteiger partial charge in [-0.25, -0.2) is 0 Å². The van der Waals surface area contributed by atoms with Crippen LogP contribution in [-0.4, -0.2) is 82.6 Å². The van der Waals surface area contributed by atoms with Crippen LogP contribution in [0.3, 0.4) is 0 Å². The van der Waals surface area contributed by atoms with Crippen LogP contribution >= 0.6 is 11.8 Å². The summed E-state index contributed by atoms with van der Waals surface area (Å²) in [5.41, 5.74) is -1.25. The smallest absolute Gasteiger partial charge is 0.319 e. The Kier molecular flexibility index (Phi) is 8.24. The fourth-order valence-corrected chi connectivity index (χ4v) is 10.1. The zero-order valence-electron chi connectivity index (χ0n) is 23.7. The Bertz CT molecular complexity index is 1050. The average molecular weight is 560 g/mol. The van der Waals surface area contributed by atoms with Crippen LogP contribution in [0, 0.1) is 34.5 Å². The van der Waals surface area contributed by atoms with E-state index in [2.05, 4.69) is 11.8 Å². The Morgan fingerprint density at radius 2 is 1.92 bits per heavy atom. The van der Waals surface area contributed by atoms with E-state index < -0.39 is 17.1 Å². The molecule has 0 spiro atoms. The number of hydrogen-bond donors (Lipinski definition) is 2. The summed E-state index contributed by atoms with van der Waals surface area (Å²) >= 11 is 1.62. The number of hydrogen-bond acceptors (Lipinski definition) is 8. The van der Waals surface area contributed by atoms with Gasteiger partial charge in [0.15, 0.2) is 11.6 Å². The summed E-state index contributed by atoms with van der Waals surface area (Å²) in [7, 11) is 1.42. The lowest BCUT2D eigenvalue weighted by atomic mass is 9.46. The molecule has 1 heterocycles. The van der Waals surface area contributed by atoms with Crippen molar-refractivity contribution in [2.45, 2.75) is 76.9 Å². The van der Waals surface area contributed by atoms with Crippen LogP contribution in [0.25, 0.3) is 0 Å². The second kappa shape index (κ2) is 11.1. The number of ketones is 2. The highest BCUT2D eigenvalue weighted by Gasteiger charge is 2.67. The molecule has 2 N–H and O–H groups in total. The largest absolute Gasteiger partial charge is 0.468 e. The molecule has 0 bridgehead atoms. The minimum atomic E-state index is -1.40.